The summed E-state index contributed by atoms with van der Waals surface area (Å²) in [6.07, 6.45) is 2.40. The van der Waals surface area contributed by atoms with Crippen molar-refractivity contribution in [1.82, 2.24) is 19.7 Å². The molecule has 1 aromatic heterocycles. The van der Waals surface area contributed by atoms with Gasteiger partial charge in [0.1, 0.15) is 5.82 Å². The van der Waals surface area contributed by atoms with Gasteiger partial charge in [-0.25, -0.2) is 0 Å². The molecule has 3 aromatic rings. The van der Waals surface area contributed by atoms with E-state index in [1.165, 1.54) is 29.8 Å². The van der Waals surface area contributed by atoms with Crippen molar-refractivity contribution in [3.8, 4) is 5.69 Å². The van der Waals surface area contributed by atoms with Gasteiger partial charge in [-0.1, -0.05) is 29.8 Å². The molecule has 0 N–H and O–H groups in total. The summed E-state index contributed by atoms with van der Waals surface area (Å²) < 4.78 is 2.31. The first kappa shape index (κ1) is 17.5. The molecule has 3 heterocycles. The predicted octanol–water partition coefficient (Wildman–Crippen LogP) is 4.25. The van der Waals surface area contributed by atoms with Crippen molar-refractivity contribution in [2.24, 2.45) is 5.41 Å². The lowest BCUT2D eigenvalue weighted by Crippen LogP contribution is -2.62. The van der Waals surface area contributed by atoms with E-state index in [0.29, 0.717) is 11.3 Å². The molecule has 3 aliphatic rings. The number of halogens is 1. The quantitative estimate of drug-likeness (QED) is 0.638. The van der Waals surface area contributed by atoms with Crippen molar-refractivity contribution in [2.75, 3.05) is 25.0 Å². The molecule has 2 fully saturated rings. The van der Waals surface area contributed by atoms with E-state index in [4.69, 9.17) is 11.6 Å². The number of hydrogen-bond donors (Lipinski definition) is 0. The van der Waals surface area contributed by atoms with Crippen LogP contribution in [0.2, 0.25) is 5.02 Å². The van der Waals surface area contributed by atoms with Crippen molar-refractivity contribution >= 4 is 17.3 Å². The zero-order chi connectivity index (χ0) is 19.6. The highest BCUT2D eigenvalue weighted by Gasteiger charge is 2.54. The van der Waals surface area contributed by atoms with E-state index in [2.05, 4.69) is 74.1 Å². The third-order valence-electron chi connectivity index (χ3n) is 6.79. The highest BCUT2D eigenvalue weighted by Crippen LogP contribution is 2.56. The molecular weight excluding hydrogens is 382 g/mol. The molecule has 2 aliphatic heterocycles. The first-order valence-electron chi connectivity index (χ1n) is 10.3. The largest absolute Gasteiger partial charge is 0.370 e. The van der Waals surface area contributed by atoms with E-state index in [9.17, 15) is 0 Å². The fraction of sp³-hybridized carbons (Fsp3) is 0.391. The van der Waals surface area contributed by atoms with Gasteiger partial charge in [0.25, 0.3) is 0 Å². The highest BCUT2D eigenvalue weighted by atomic mass is 35.5. The van der Waals surface area contributed by atoms with Crippen LogP contribution in [0.4, 0.5) is 5.69 Å². The standard InChI is InChI=1S/C23H24ClN5/c1-27-12-16-9-18(24)7-8-20(16)29-21(13-27)25-26-22(29)17-10-23(11-17)14-28(15-23)19-5-3-2-4-6-19/h2-9,17H,10-15H2,1H3. The Morgan fingerprint density at radius 1 is 1.00 bits per heavy atom. The monoisotopic (exact) mass is 405 g/mol. The van der Waals surface area contributed by atoms with E-state index in [-0.39, 0.29) is 0 Å². The number of nitrogens with zero attached hydrogens (tertiary/aromatic N) is 5. The maximum Gasteiger partial charge on any atom is 0.151 e. The van der Waals surface area contributed by atoms with Gasteiger partial charge >= 0.3 is 0 Å². The molecule has 0 bridgehead atoms. The molecule has 1 saturated carbocycles. The number of benzene rings is 2. The Kier molecular flexibility index (Phi) is 3.81. The Morgan fingerprint density at radius 3 is 2.59 bits per heavy atom. The lowest BCUT2D eigenvalue weighted by molar-refractivity contribution is 0.0588. The zero-order valence-electron chi connectivity index (χ0n) is 16.6. The molecule has 0 amide bonds. The fourth-order valence-electron chi connectivity index (χ4n) is 5.46. The van der Waals surface area contributed by atoms with E-state index in [1.807, 2.05) is 6.07 Å². The summed E-state index contributed by atoms with van der Waals surface area (Å²) in [5.41, 5.74) is 4.23. The second kappa shape index (κ2) is 6.31. The molecule has 148 valence electrons. The van der Waals surface area contributed by atoms with Gasteiger partial charge in [-0.15, -0.1) is 10.2 Å². The first-order chi connectivity index (χ1) is 14.1. The molecule has 1 aliphatic carbocycles. The molecule has 6 rings (SSSR count). The fourth-order valence-corrected chi connectivity index (χ4v) is 5.65. The lowest BCUT2D eigenvalue weighted by atomic mass is 9.57. The molecule has 0 atom stereocenters. The Hall–Kier alpha value is -2.37. The third-order valence-corrected chi connectivity index (χ3v) is 7.02. The summed E-state index contributed by atoms with van der Waals surface area (Å²) in [6, 6.07) is 16.9. The molecule has 29 heavy (non-hydrogen) atoms. The van der Waals surface area contributed by atoms with Gasteiger partial charge in [0.05, 0.1) is 12.2 Å². The van der Waals surface area contributed by atoms with Gasteiger partial charge in [0.15, 0.2) is 5.82 Å². The Bertz CT molecular complexity index is 1060. The molecule has 1 spiro atoms. The average molecular weight is 406 g/mol. The van der Waals surface area contributed by atoms with Crippen LogP contribution in [-0.2, 0) is 13.1 Å². The van der Waals surface area contributed by atoms with Crippen LogP contribution in [0.15, 0.2) is 48.5 Å². The number of rotatable bonds is 2. The van der Waals surface area contributed by atoms with Crippen LogP contribution in [0.5, 0.6) is 0 Å². The number of hydrogen-bond acceptors (Lipinski definition) is 4. The van der Waals surface area contributed by atoms with E-state index in [1.54, 1.807) is 0 Å². The SMILES string of the molecule is CN1Cc2cc(Cl)ccc2-n2c(nnc2C2CC3(C2)CN(c2ccccc2)C3)C1. The van der Waals surface area contributed by atoms with Crippen LogP contribution in [0.1, 0.15) is 36.0 Å². The maximum absolute atomic E-state index is 6.28. The molecule has 5 nitrogen and oxygen atoms in total. The Morgan fingerprint density at radius 2 is 1.79 bits per heavy atom. The lowest BCUT2D eigenvalue weighted by Gasteiger charge is -2.59. The van der Waals surface area contributed by atoms with Crippen LogP contribution in [0.3, 0.4) is 0 Å². The predicted molar refractivity (Wildman–Crippen MR) is 115 cm³/mol. The number of fused-ring (bicyclic) bond motifs is 3. The molecule has 0 radical (unpaired) electrons. The molecular formula is C23H24ClN5. The zero-order valence-corrected chi connectivity index (χ0v) is 17.3. The minimum Gasteiger partial charge on any atom is -0.370 e. The minimum absolute atomic E-state index is 0.456. The topological polar surface area (TPSA) is 37.2 Å². The van der Waals surface area contributed by atoms with Gasteiger partial charge in [-0.3, -0.25) is 9.47 Å². The van der Waals surface area contributed by atoms with Gasteiger partial charge in [0.2, 0.25) is 0 Å². The van der Waals surface area contributed by atoms with Crippen molar-refractivity contribution < 1.29 is 0 Å². The van der Waals surface area contributed by atoms with Crippen LogP contribution in [0.25, 0.3) is 5.69 Å². The average Bonchev–Trinajstić information content (AvgIpc) is 2.97. The number of aromatic nitrogens is 3. The van der Waals surface area contributed by atoms with Crippen molar-refractivity contribution in [2.45, 2.75) is 31.8 Å². The van der Waals surface area contributed by atoms with Crippen molar-refractivity contribution in [3.63, 3.8) is 0 Å². The third kappa shape index (κ3) is 2.79. The normalized spacial score (nSPS) is 20.6. The van der Waals surface area contributed by atoms with Gasteiger partial charge in [-0.05, 0) is 55.8 Å². The summed E-state index contributed by atoms with van der Waals surface area (Å²) in [4.78, 5) is 4.77. The summed E-state index contributed by atoms with van der Waals surface area (Å²) in [5.74, 6) is 2.65. The van der Waals surface area contributed by atoms with Gasteiger partial charge in [-0.2, -0.15) is 0 Å². The smallest absolute Gasteiger partial charge is 0.151 e. The minimum atomic E-state index is 0.456. The maximum atomic E-state index is 6.28. The Labute approximate surface area is 175 Å². The first-order valence-corrected chi connectivity index (χ1v) is 10.7. The van der Waals surface area contributed by atoms with Crippen molar-refractivity contribution in [1.29, 1.82) is 0 Å². The molecule has 2 aromatic carbocycles. The number of para-hydroxylation sites is 1. The number of anilines is 1. The summed E-state index contributed by atoms with van der Waals surface area (Å²) >= 11 is 6.28. The summed E-state index contributed by atoms with van der Waals surface area (Å²) in [5, 5.41) is 10.0. The molecule has 1 saturated heterocycles. The van der Waals surface area contributed by atoms with E-state index in [0.717, 1.165) is 42.9 Å². The van der Waals surface area contributed by atoms with Crippen LogP contribution < -0.4 is 4.90 Å². The van der Waals surface area contributed by atoms with Crippen molar-refractivity contribution in [3.05, 3.63) is 70.8 Å². The molecule has 0 unspecified atom stereocenters. The van der Waals surface area contributed by atoms with E-state index < -0.39 is 0 Å². The van der Waals surface area contributed by atoms with Gasteiger partial charge < -0.3 is 4.90 Å². The van der Waals surface area contributed by atoms with E-state index >= 15 is 0 Å². The molecule has 6 heteroatoms. The summed E-state index contributed by atoms with van der Waals surface area (Å²) in [7, 11) is 2.12. The van der Waals surface area contributed by atoms with Crippen LogP contribution in [0, 0.1) is 5.41 Å². The van der Waals surface area contributed by atoms with Crippen LogP contribution in [-0.4, -0.2) is 39.8 Å². The highest BCUT2D eigenvalue weighted by molar-refractivity contribution is 6.30. The second-order valence-electron chi connectivity index (χ2n) is 9.05. The Balaban J connectivity index is 1.25. The van der Waals surface area contributed by atoms with Crippen LogP contribution >= 0.6 is 11.6 Å². The second-order valence-corrected chi connectivity index (χ2v) is 9.49. The van der Waals surface area contributed by atoms with Gasteiger partial charge in [0, 0.05) is 41.7 Å². The summed E-state index contributed by atoms with van der Waals surface area (Å²) in [6.45, 7) is 3.99.